The SMILES string of the molecule is CC(CCCO)NS(=O)(=O)c1cc(N)cc(F)c1F. The van der Waals surface area contributed by atoms with Crippen molar-refractivity contribution in [1.29, 1.82) is 0 Å². The average Bonchev–Trinajstić information content (AvgIpc) is 2.30. The molecule has 0 amide bonds. The van der Waals surface area contributed by atoms with Crippen molar-refractivity contribution in [3.05, 3.63) is 23.8 Å². The van der Waals surface area contributed by atoms with Crippen LogP contribution < -0.4 is 10.5 Å². The highest BCUT2D eigenvalue weighted by molar-refractivity contribution is 7.89. The van der Waals surface area contributed by atoms with Gasteiger partial charge in [-0.05, 0) is 31.9 Å². The monoisotopic (exact) mass is 294 g/mol. The highest BCUT2D eigenvalue weighted by atomic mass is 32.2. The summed E-state index contributed by atoms with van der Waals surface area (Å²) in [5.74, 6) is -2.78. The average molecular weight is 294 g/mol. The molecule has 1 rings (SSSR count). The van der Waals surface area contributed by atoms with Gasteiger partial charge in [-0.2, -0.15) is 0 Å². The van der Waals surface area contributed by atoms with E-state index in [-0.39, 0.29) is 12.3 Å². The number of anilines is 1. The second-order valence-corrected chi connectivity index (χ2v) is 5.89. The van der Waals surface area contributed by atoms with E-state index in [0.717, 1.165) is 6.07 Å². The van der Waals surface area contributed by atoms with Gasteiger partial charge >= 0.3 is 0 Å². The number of aliphatic hydroxyl groups excluding tert-OH is 1. The van der Waals surface area contributed by atoms with Gasteiger partial charge in [0.15, 0.2) is 11.6 Å². The molecule has 0 aromatic heterocycles. The zero-order chi connectivity index (χ0) is 14.6. The lowest BCUT2D eigenvalue weighted by atomic mass is 10.2. The lowest BCUT2D eigenvalue weighted by Crippen LogP contribution is -2.33. The van der Waals surface area contributed by atoms with Gasteiger partial charge in [0, 0.05) is 18.3 Å². The predicted octanol–water partition coefficient (Wildman–Crippen LogP) is 0.986. The third-order valence-electron chi connectivity index (χ3n) is 2.46. The standard InChI is InChI=1S/C11H16F2N2O3S/c1-7(3-2-4-16)15-19(17,18)10-6-8(14)5-9(12)11(10)13/h5-7,15-16H,2-4,14H2,1H3. The molecule has 5 nitrogen and oxygen atoms in total. The van der Waals surface area contributed by atoms with E-state index in [4.69, 9.17) is 10.8 Å². The molecule has 4 N–H and O–H groups in total. The maximum Gasteiger partial charge on any atom is 0.243 e. The Hall–Kier alpha value is -1.25. The summed E-state index contributed by atoms with van der Waals surface area (Å²) in [6, 6.07) is 1.06. The summed E-state index contributed by atoms with van der Waals surface area (Å²) in [5.41, 5.74) is 5.13. The van der Waals surface area contributed by atoms with Crippen LogP contribution in [0.3, 0.4) is 0 Å². The number of rotatable bonds is 6. The van der Waals surface area contributed by atoms with Gasteiger partial charge in [0.1, 0.15) is 4.90 Å². The third-order valence-corrected chi connectivity index (χ3v) is 4.05. The molecule has 0 aliphatic rings. The van der Waals surface area contributed by atoms with Crippen LogP contribution in [0.1, 0.15) is 19.8 Å². The van der Waals surface area contributed by atoms with E-state index in [1.165, 1.54) is 0 Å². The second kappa shape index (κ2) is 6.27. The van der Waals surface area contributed by atoms with E-state index in [1.807, 2.05) is 0 Å². The number of sulfonamides is 1. The van der Waals surface area contributed by atoms with Gasteiger partial charge in [-0.15, -0.1) is 0 Å². The van der Waals surface area contributed by atoms with Gasteiger partial charge in [0.2, 0.25) is 10.0 Å². The van der Waals surface area contributed by atoms with Gasteiger partial charge in [-0.25, -0.2) is 21.9 Å². The lowest BCUT2D eigenvalue weighted by molar-refractivity contribution is 0.279. The molecule has 0 bridgehead atoms. The van der Waals surface area contributed by atoms with E-state index in [1.54, 1.807) is 6.92 Å². The Morgan fingerprint density at radius 1 is 1.42 bits per heavy atom. The molecule has 19 heavy (non-hydrogen) atoms. The third kappa shape index (κ3) is 4.12. The van der Waals surface area contributed by atoms with Crippen molar-refractivity contribution < 1.29 is 22.3 Å². The zero-order valence-electron chi connectivity index (χ0n) is 10.4. The minimum absolute atomic E-state index is 0.0760. The summed E-state index contributed by atoms with van der Waals surface area (Å²) in [6.45, 7) is 1.49. The highest BCUT2D eigenvalue weighted by Crippen LogP contribution is 2.21. The minimum atomic E-state index is -4.19. The summed E-state index contributed by atoms with van der Waals surface area (Å²) in [5, 5.41) is 8.64. The fourth-order valence-electron chi connectivity index (χ4n) is 1.56. The summed E-state index contributed by atoms with van der Waals surface area (Å²) in [7, 11) is -4.19. The highest BCUT2D eigenvalue weighted by Gasteiger charge is 2.24. The van der Waals surface area contributed by atoms with E-state index in [0.29, 0.717) is 18.9 Å². The number of nitrogens with two attached hydrogens (primary N) is 1. The minimum Gasteiger partial charge on any atom is -0.399 e. The Morgan fingerprint density at radius 3 is 2.63 bits per heavy atom. The van der Waals surface area contributed by atoms with Crippen molar-refractivity contribution in [1.82, 2.24) is 4.72 Å². The maximum atomic E-state index is 13.5. The Labute approximate surface area is 110 Å². The predicted molar refractivity (Wildman–Crippen MR) is 66.9 cm³/mol. The van der Waals surface area contributed by atoms with E-state index < -0.39 is 32.6 Å². The Balaban J connectivity index is 3.01. The van der Waals surface area contributed by atoms with Crippen LogP contribution in [0, 0.1) is 11.6 Å². The van der Waals surface area contributed by atoms with E-state index in [2.05, 4.69) is 4.72 Å². The number of halogens is 2. The number of benzene rings is 1. The smallest absolute Gasteiger partial charge is 0.243 e. The Kier molecular flexibility index (Phi) is 5.21. The molecule has 1 atom stereocenters. The number of aliphatic hydroxyl groups is 1. The molecule has 108 valence electrons. The first-order chi connectivity index (χ1) is 8.77. The molecule has 0 saturated heterocycles. The molecular formula is C11H16F2N2O3S. The number of hydrogen-bond acceptors (Lipinski definition) is 4. The number of hydrogen-bond donors (Lipinski definition) is 3. The van der Waals surface area contributed by atoms with Crippen LogP contribution >= 0.6 is 0 Å². The molecule has 0 saturated carbocycles. The molecule has 0 aliphatic carbocycles. The van der Waals surface area contributed by atoms with E-state index in [9.17, 15) is 17.2 Å². The van der Waals surface area contributed by atoms with Gasteiger partial charge in [0.25, 0.3) is 0 Å². The van der Waals surface area contributed by atoms with Gasteiger partial charge in [-0.3, -0.25) is 0 Å². The van der Waals surface area contributed by atoms with Gasteiger partial charge < -0.3 is 10.8 Å². The summed E-state index contributed by atoms with van der Waals surface area (Å²) in [6.07, 6.45) is 0.777. The van der Waals surface area contributed by atoms with Gasteiger partial charge in [0.05, 0.1) is 0 Å². The van der Waals surface area contributed by atoms with Crippen molar-refractivity contribution in [2.75, 3.05) is 12.3 Å². The second-order valence-electron chi connectivity index (χ2n) is 4.20. The normalized spacial score (nSPS) is 13.5. The quantitative estimate of drug-likeness (QED) is 0.682. The molecule has 0 radical (unpaired) electrons. The van der Waals surface area contributed by atoms with Crippen LogP contribution in [-0.2, 0) is 10.0 Å². The van der Waals surface area contributed by atoms with Crippen LogP contribution in [0.5, 0.6) is 0 Å². The largest absolute Gasteiger partial charge is 0.399 e. The molecule has 0 spiro atoms. The van der Waals surface area contributed by atoms with Crippen LogP contribution in [-0.4, -0.2) is 26.2 Å². The molecular weight excluding hydrogens is 278 g/mol. The topological polar surface area (TPSA) is 92.4 Å². The van der Waals surface area contributed by atoms with Crippen LogP contribution in [0.2, 0.25) is 0 Å². The molecule has 0 fully saturated rings. The van der Waals surface area contributed by atoms with Crippen LogP contribution in [0.25, 0.3) is 0 Å². The summed E-state index contributed by atoms with van der Waals surface area (Å²) < 4.78 is 52.6. The van der Waals surface area contributed by atoms with Gasteiger partial charge in [-0.1, -0.05) is 0 Å². The Bertz CT molecular complexity index is 549. The lowest BCUT2D eigenvalue weighted by Gasteiger charge is -2.14. The van der Waals surface area contributed by atoms with Crippen molar-refractivity contribution in [3.8, 4) is 0 Å². The van der Waals surface area contributed by atoms with Crippen LogP contribution in [0.4, 0.5) is 14.5 Å². The number of nitrogen functional groups attached to an aromatic ring is 1. The first-order valence-corrected chi connectivity index (χ1v) is 7.14. The molecule has 0 heterocycles. The molecule has 1 aromatic rings. The molecule has 1 aromatic carbocycles. The number of nitrogens with one attached hydrogen (secondary N) is 1. The van der Waals surface area contributed by atoms with Crippen molar-refractivity contribution in [2.24, 2.45) is 0 Å². The first-order valence-electron chi connectivity index (χ1n) is 5.65. The zero-order valence-corrected chi connectivity index (χ0v) is 11.2. The van der Waals surface area contributed by atoms with Crippen molar-refractivity contribution in [3.63, 3.8) is 0 Å². The molecule has 8 heteroatoms. The fourth-order valence-corrected chi connectivity index (χ4v) is 2.96. The van der Waals surface area contributed by atoms with Crippen LogP contribution in [0.15, 0.2) is 17.0 Å². The van der Waals surface area contributed by atoms with Crippen molar-refractivity contribution >= 4 is 15.7 Å². The molecule has 0 aliphatic heterocycles. The Morgan fingerprint density at radius 2 is 2.05 bits per heavy atom. The van der Waals surface area contributed by atoms with Crippen molar-refractivity contribution in [2.45, 2.75) is 30.7 Å². The fraction of sp³-hybridized carbons (Fsp3) is 0.455. The van der Waals surface area contributed by atoms with E-state index >= 15 is 0 Å². The summed E-state index contributed by atoms with van der Waals surface area (Å²) in [4.78, 5) is -0.819. The first kappa shape index (κ1) is 15.8. The summed E-state index contributed by atoms with van der Waals surface area (Å²) >= 11 is 0. The molecule has 1 unspecified atom stereocenters. The maximum absolute atomic E-state index is 13.5.